The number of benzene rings is 7. The van der Waals surface area contributed by atoms with Crippen molar-refractivity contribution in [2.45, 2.75) is 0 Å². The fourth-order valence-electron chi connectivity index (χ4n) is 6.37. The van der Waals surface area contributed by atoms with E-state index in [1.807, 2.05) is 36.4 Å². The average Bonchev–Trinajstić information content (AvgIpc) is 3.46. The van der Waals surface area contributed by atoms with Crippen molar-refractivity contribution in [1.82, 2.24) is 4.57 Å². The number of anilines is 2. The molecule has 0 aliphatic heterocycles. The predicted molar refractivity (Wildman–Crippen MR) is 192 cm³/mol. The van der Waals surface area contributed by atoms with Gasteiger partial charge in [0.15, 0.2) is 0 Å². The largest absolute Gasteiger partial charge is 0.355 e. The molecule has 3 nitrogen and oxygen atoms in total. The van der Waals surface area contributed by atoms with Crippen molar-refractivity contribution in [3.63, 3.8) is 0 Å². The van der Waals surface area contributed by atoms with Crippen LogP contribution < -0.4 is 5.32 Å². The van der Waals surface area contributed by atoms with Crippen LogP contribution in [0.3, 0.4) is 0 Å². The van der Waals surface area contributed by atoms with Crippen molar-refractivity contribution in [1.29, 1.82) is 5.26 Å². The Bertz CT molecular complexity index is 2380. The lowest BCUT2D eigenvalue weighted by atomic mass is 9.95. The third kappa shape index (κ3) is 4.99. The highest BCUT2D eigenvalue weighted by atomic mass is 15.0. The highest BCUT2D eigenvalue weighted by Crippen LogP contribution is 2.37. The zero-order valence-corrected chi connectivity index (χ0v) is 25.1. The molecule has 46 heavy (non-hydrogen) atoms. The predicted octanol–water partition coefficient (Wildman–Crippen LogP) is 11.4. The molecule has 7 aromatic carbocycles. The van der Waals surface area contributed by atoms with Gasteiger partial charge in [-0.2, -0.15) is 5.26 Å². The lowest BCUT2D eigenvalue weighted by molar-refractivity contribution is 1.18. The van der Waals surface area contributed by atoms with Crippen molar-refractivity contribution < 1.29 is 0 Å². The molecule has 8 aromatic rings. The Balaban J connectivity index is 1.16. The molecule has 0 aliphatic carbocycles. The van der Waals surface area contributed by atoms with Crippen LogP contribution in [-0.2, 0) is 0 Å². The van der Waals surface area contributed by atoms with Gasteiger partial charge in [-0.1, -0.05) is 109 Å². The van der Waals surface area contributed by atoms with E-state index in [1.54, 1.807) is 0 Å². The van der Waals surface area contributed by atoms with Crippen molar-refractivity contribution in [2.24, 2.45) is 0 Å². The first-order valence-electron chi connectivity index (χ1n) is 15.4. The summed E-state index contributed by atoms with van der Waals surface area (Å²) in [6, 6.07) is 61.6. The van der Waals surface area contributed by atoms with E-state index < -0.39 is 0 Å². The molecule has 0 amide bonds. The fraction of sp³-hybridized carbons (Fsp3) is 0. The quantitative estimate of drug-likeness (QED) is 0.210. The number of nitrogens with one attached hydrogen (secondary N) is 1. The van der Waals surface area contributed by atoms with Crippen LogP contribution in [-0.4, -0.2) is 4.57 Å². The smallest absolute Gasteiger partial charge is 0.0992 e. The lowest BCUT2D eigenvalue weighted by Gasteiger charge is -2.15. The standard InChI is InChI=1S/C43H29N3/c44-29-30-10-9-15-37(26-30)46-42-17-8-7-16-38(42)40-28-35(23-25-43(40)46)32-20-18-31(19-21-32)34-22-24-41(45-36-13-5-2-6-14-36)39(27-34)33-11-3-1-4-12-33/h1-28,45H. The molecule has 1 N–H and O–H groups in total. The van der Waals surface area contributed by atoms with E-state index in [4.69, 9.17) is 0 Å². The first-order valence-corrected chi connectivity index (χ1v) is 15.4. The van der Waals surface area contributed by atoms with Gasteiger partial charge in [0.1, 0.15) is 0 Å². The molecule has 3 heteroatoms. The van der Waals surface area contributed by atoms with Crippen LogP contribution >= 0.6 is 0 Å². The van der Waals surface area contributed by atoms with Crippen molar-refractivity contribution in [2.75, 3.05) is 5.32 Å². The van der Waals surface area contributed by atoms with Gasteiger partial charge in [-0.05, 0) is 88.5 Å². The van der Waals surface area contributed by atoms with E-state index in [-0.39, 0.29) is 0 Å². The minimum absolute atomic E-state index is 0.651. The number of hydrogen-bond donors (Lipinski definition) is 1. The van der Waals surface area contributed by atoms with Gasteiger partial charge in [-0.25, -0.2) is 0 Å². The summed E-state index contributed by atoms with van der Waals surface area (Å²) in [5.41, 5.74) is 13.0. The van der Waals surface area contributed by atoms with Crippen molar-refractivity contribution >= 4 is 33.2 Å². The molecule has 0 aliphatic rings. The van der Waals surface area contributed by atoms with Crippen molar-refractivity contribution in [3.8, 4) is 45.1 Å². The maximum absolute atomic E-state index is 9.51. The van der Waals surface area contributed by atoms with Gasteiger partial charge in [-0.3, -0.25) is 0 Å². The molecule has 216 valence electrons. The molecule has 0 unspecified atom stereocenters. The first-order chi connectivity index (χ1) is 22.7. The second-order valence-electron chi connectivity index (χ2n) is 11.4. The van der Waals surface area contributed by atoms with Gasteiger partial charge in [0.25, 0.3) is 0 Å². The molecular weight excluding hydrogens is 558 g/mol. The molecular formula is C43H29N3. The molecule has 0 saturated heterocycles. The Kier molecular flexibility index (Phi) is 6.87. The maximum Gasteiger partial charge on any atom is 0.0992 e. The molecule has 1 heterocycles. The van der Waals surface area contributed by atoms with Crippen molar-refractivity contribution in [3.05, 3.63) is 175 Å². The Hall–Kier alpha value is -6.37. The Labute approximate surface area is 268 Å². The highest BCUT2D eigenvalue weighted by molar-refractivity contribution is 6.10. The molecule has 0 bridgehead atoms. The van der Waals surface area contributed by atoms with E-state index in [2.05, 4.69) is 149 Å². The topological polar surface area (TPSA) is 40.8 Å². The van der Waals surface area contributed by atoms with E-state index in [9.17, 15) is 5.26 Å². The van der Waals surface area contributed by atoms with E-state index in [0.717, 1.165) is 33.7 Å². The second kappa shape index (κ2) is 11.6. The Morgan fingerprint density at radius 1 is 0.457 bits per heavy atom. The van der Waals surface area contributed by atoms with Gasteiger partial charge in [0, 0.05) is 33.4 Å². The minimum atomic E-state index is 0.651. The van der Waals surface area contributed by atoms with E-state index >= 15 is 0 Å². The third-order valence-electron chi connectivity index (χ3n) is 8.61. The number of nitriles is 1. The van der Waals surface area contributed by atoms with Gasteiger partial charge in [0.2, 0.25) is 0 Å². The summed E-state index contributed by atoms with van der Waals surface area (Å²) in [5.74, 6) is 0. The summed E-state index contributed by atoms with van der Waals surface area (Å²) in [4.78, 5) is 0. The summed E-state index contributed by atoms with van der Waals surface area (Å²) in [5, 5.41) is 15.5. The monoisotopic (exact) mass is 587 g/mol. The van der Waals surface area contributed by atoms with Crippen LogP contribution in [0.5, 0.6) is 0 Å². The normalized spacial score (nSPS) is 11.0. The van der Waals surface area contributed by atoms with Gasteiger partial charge < -0.3 is 9.88 Å². The zero-order chi connectivity index (χ0) is 30.9. The fourth-order valence-corrected chi connectivity index (χ4v) is 6.37. The lowest BCUT2D eigenvalue weighted by Crippen LogP contribution is -1.94. The molecule has 0 saturated carbocycles. The molecule has 0 radical (unpaired) electrons. The number of nitrogens with zero attached hydrogens (tertiary/aromatic N) is 2. The van der Waals surface area contributed by atoms with Crippen LogP contribution in [0, 0.1) is 11.3 Å². The number of fused-ring (bicyclic) bond motifs is 3. The van der Waals surface area contributed by atoms with Crippen LogP contribution in [0.25, 0.3) is 60.9 Å². The second-order valence-corrected chi connectivity index (χ2v) is 11.4. The minimum Gasteiger partial charge on any atom is -0.355 e. The third-order valence-corrected chi connectivity index (χ3v) is 8.61. The number of rotatable bonds is 6. The molecule has 0 atom stereocenters. The molecule has 0 fully saturated rings. The average molecular weight is 588 g/mol. The molecule has 0 spiro atoms. The summed E-state index contributed by atoms with van der Waals surface area (Å²) in [6.07, 6.45) is 0. The maximum atomic E-state index is 9.51. The summed E-state index contributed by atoms with van der Waals surface area (Å²) in [6.45, 7) is 0. The van der Waals surface area contributed by atoms with Crippen LogP contribution in [0.15, 0.2) is 170 Å². The highest BCUT2D eigenvalue weighted by Gasteiger charge is 2.14. The number of aromatic nitrogens is 1. The van der Waals surface area contributed by atoms with Crippen LogP contribution in [0.4, 0.5) is 11.4 Å². The van der Waals surface area contributed by atoms with Gasteiger partial charge in [0.05, 0.1) is 22.7 Å². The summed E-state index contributed by atoms with van der Waals surface area (Å²) < 4.78 is 2.25. The summed E-state index contributed by atoms with van der Waals surface area (Å²) >= 11 is 0. The van der Waals surface area contributed by atoms with Crippen LogP contribution in [0.2, 0.25) is 0 Å². The first kappa shape index (κ1) is 27.2. The number of para-hydroxylation sites is 2. The van der Waals surface area contributed by atoms with Crippen LogP contribution in [0.1, 0.15) is 5.56 Å². The summed E-state index contributed by atoms with van der Waals surface area (Å²) in [7, 11) is 0. The molecule has 8 rings (SSSR count). The number of hydrogen-bond acceptors (Lipinski definition) is 2. The van der Waals surface area contributed by atoms with E-state index in [0.29, 0.717) is 5.56 Å². The van der Waals surface area contributed by atoms with Gasteiger partial charge in [-0.15, -0.1) is 0 Å². The van der Waals surface area contributed by atoms with Gasteiger partial charge >= 0.3 is 0 Å². The van der Waals surface area contributed by atoms with E-state index in [1.165, 1.54) is 38.6 Å². The Morgan fingerprint density at radius 2 is 1.09 bits per heavy atom. The SMILES string of the molecule is N#Cc1cccc(-n2c3ccccc3c3cc(-c4ccc(-c5ccc(Nc6ccccc6)c(-c6ccccc6)c5)cc4)ccc32)c1. The Morgan fingerprint density at radius 3 is 1.85 bits per heavy atom. The molecule has 1 aromatic heterocycles. The zero-order valence-electron chi connectivity index (χ0n) is 25.1.